The van der Waals surface area contributed by atoms with E-state index in [1.807, 2.05) is 18.2 Å². The molecule has 1 aliphatic rings. The van der Waals surface area contributed by atoms with Crippen LogP contribution in [0.3, 0.4) is 0 Å². The lowest BCUT2D eigenvalue weighted by molar-refractivity contribution is 0.297. The number of rotatable bonds is 2. The minimum absolute atomic E-state index is 0.130. The second kappa shape index (κ2) is 6.04. The van der Waals surface area contributed by atoms with E-state index in [0.29, 0.717) is 23.4 Å². The van der Waals surface area contributed by atoms with Gasteiger partial charge >= 0.3 is 0 Å². The van der Waals surface area contributed by atoms with Gasteiger partial charge in [0.25, 0.3) is 0 Å². The molecule has 1 heterocycles. The van der Waals surface area contributed by atoms with Gasteiger partial charge in [-0.25, -0.2) is 0 Å². The largest absolute Gasteiger partial charge is 0.409 e. The van der Waals surface area contributed by atoms with Gasteiger partial charge in [0.15, 0.2) is 5.84 Å². The number of hydrogen-bond donors (Lipinski definition) is 2. The maximum atomic E-state index is 8.75. The molecule has 110 valence electrons. The molecule has 3 unspecified atom stereocenters. The van der Waals surface area contributed by atoms with Crippen molar-refractivity contribution in [3.8, 4) is 0 Å². The number of hydrogen-bond acceptors (Lipinski definition) is 3. The molecule has 3 atom stereocenters. The molecule has 20 heavy (non-hydrogen) atoms. The third kappa shape index (κ3) is 2.92. The Morgan fingerprint density at radius 1 is 1.40 bits per heavy atom. The van der Waals surface area contributed by atoms with Crippen molar-refractivity contribution in [3.63, 3.8) is 0 Å². The van der Waals surface area contributed by atoms with Gasteiger partial charge in [0, 0.05) is 22.6 Å². The van der Waals surface area contributed by atoms with Crippen LogP contribution in [-0.2, 0) is 0 Å². The van der Waals surface area contributed by atoms with Crippen molar-refractivity contribution in [2.24, 2.45) is 22.7 Å². The van der Waals surface area contributed by atoms with E-state index >= 15 is 0 Å². The maximum Gasteiger partial charge on any atom is 0.170 e. The summed E-state index contributed by atoms with van der Waals surface area (Å²) in [6, 6.07) is 6.35. The molecule has 0 saturated carbocycles. The summed E-state index contributed by atoms with van der Waals surface area (Å²) in [4.78, 5) is 2.44. The standard InChI is InChI=1S/C15H22BrN3O/c1-9-6-10(2)11(3)19(8-9)14-5-4-12(7-13(14)16)15(17)18-20/h4-5,7,9-11,20H,6,8H2,1-3H3,(H2,17,18). The predicted molar refractivity (Wildman–Crippen MR) is 86.4 cm³/mol. The molecular formula is C15H22BrN3O. The van der Waals surface area contributed by atoms with Gasteiger partial charge in [-0.1, -0.05) is 19.0 Å². The van der Waals surface area contributed by atoms with E-state index in [4.69, 9.17) is 10.9 Å². The topological polar surface area (TPSA) is 61.8 Å². The smallest absolute Gasteiger partial charge is 0.170 e. The van der Waals surface area contributed by atoms with Crippen LogP contribution in [0.25, 0.3) is 0 Å². The molecule has 1 fully saturated rings. The number of oxime groups is 1. The third-order valence-electron chi connectivity index (χ3n) is 4.26. The van der Waals surface area contributed by atoms with Crippen LogP contribution in [0.15, 0.2) is 27.8 Å². The lowest BCUT2D eigenvalue weighted by Gasteiger charge is -2.43. The lowest BCUT2D eigenvalue weighted by Crippen LogP contribution is -2.46. The van der Waals surface area contributed by atoms with Crippen LogP contribution in [0, 0.1) is 11.8 Å². The van der Waals surface area contributed by atoms with Crippen LogP contribution >= 0.6 is 15.9 Å². The number of benzene rings is 1. The molecule has 4 nitrogen and oxygen atoms in total. The van der Waals surface area contributed by atoms with Crippen molar-refractivity contribution >= 4 is 27.5 Å². The Bertz CT molecular complexity index is 518. The fourth-order valence-corrected chi connectivity index (χ4v) is 3.60. The van der Waals surface area contributed by atoms with E-state index in [9.17, 15) is 0 Å². The Balaban J connectivity index is 2.33. The van der Waals surface area contributed by atoms with Gasteiger partial charge < -0.3 is 15.8 Å². The molecule has 1 aliphatic heterocycles. The number of amidine groups is 1. The highest BCUT2D eigenvalue weighted by Crippen LogP contribution is 2.35. The summed E-state index contributed by atoms with van der Waals surface area (Å²) < 4.78 is 0.981. The van der Waals surface area contributed by atoms with Crippen LogP contribution in [0.5, 0.6) is 0 Å². The van der Waals surface area contributed by atoms with E-state index in [0.717, 1.165) is 11.0 Å². The SMILES string of the molecule is CC1CC(C)C(C)N(c2ccc(/C(N)=N/O)cc2Br)C1. The van der Waals surface area contributed by atoms with E-state index in [1.54, 1.807) is 0 Å². The molecule has 1 aromatic carbocycles. The van der Waals surface area contributed by atoms with Crippen molar-refractivity contribution in [1.29, 1.82) is 0 Å². The molecular weight excluding hydrogens is 318 g/mol. The number of anilines is 1. The summed E-state index contributed by atoms with van der Waals surface area (Å²) in [6.07, 6.45) is 1.28. The van der Waals surface area contributed by atoms with E-state index in [-0.39, 0.29) is 5.84 Å². The van der Waals surface area contributed by atoms with Crippen molar-refractivity contribution in [3.05, 3.63) is 28.2 Å². The molecule has 0 amide bonds. The van der Waals surface area contributed by atoms with Gasteiger partial charge in [0.1, 0.15) is 0 Å². The summed E-state index contributed by atoms with van der Waals surface area (Å²) in [6.45, 7) is 7.95. The number of nitrogens with zero attached hydrogens (tertiary/aromatic N) is 2. The Kier molecular flexibility index (Phi) is 4.58. The normalized spacial score (nSPS) is 27.7. The van der Waals surface area contributed by atoms with Crippen molar-refractivity contribution in [1.82, 2.24) is 0 Å². The molecule has 0 aromatic heterocycles. The molecule has 1 saturated heterocycles. The summed E-state index contributed by atoms with van der Waals surface area (Å²) in [5, 5.41) is 11.8. The zero-order valence-corrected chi connectivity index (χ0v) is 13.8. The third-order valence-corrected chi connectivity index (χ3v) is 4.89. The second-order valence-electron chi connectivity index (χ2n) is 5.86. The Morgan fingerprint density at radius 2 is 2.10 bits per heavy atom. The van der Waals surface area contributed by atoms with Crippen molar-refractivity contribution < 1.29 is 5.21 Å². The average Bonchev–Trinajstić information content (AvgIpc) is 2.42. The average molecular weight is 340 g/mol. The summed E-state index contributed by atoms with van der Waals surface area (Å²) in [5.74, 6) is 1.50. The van der Waals surface area contributed by atoms with Gasteiger partial charge in [0.05, 0.1) is 5.69 Å². The first-order valence-electron chi connectivity index (χ1n) is 6.98. The van der Waals surface area contributed by atoms with Crippen LogP contribution in [0.1, 0.15) is 32.8 Å². The van der Waals surface area contributed by atoms with Gasteiger partial charge in [-0.15, -0.1) is 0 Å². The van der Waals surface area contributed by atoms with Crippen molar-refractivity contribution in [2.45, 2.75) is 33.2 Å². The molecule has 1 aromatic rings. The van der Waals surface area contributed by atoms with E-state index < -0.39 is 0 Å². The first-order chi connectivity index (χ1) is 9.43. The van der Waals surface area contributed by atoms with E-state index in [1.165, 1.54) is 12.1 Å². The monoisotopic (exact) mass is 339 g/mol. The first-order valence-corrected chi connectivity index (χ1v) is 7.77. The zero-order chi connectivity index (χ0) is 14.9. The van der Waals surface area contributed by atoms with Gasteiger partial charge in [-0.05, 0) is 59.3 Å². The highest BCUT2D eigenvalue weighted by Gasteiger charge is 2.29. The molecule has 0 spiro atoms. The Hall–Kier alpha value is -1.23. The highest BCUT2D eigenvalue weighted by atomic mass is 79.9. The van der Waals surface area contributed by atoms with Gasteiger partial charge in [-0.3, -0.25) is 0 Å². The van der Waals surface area contributed by atoms with Crippen LogP contribution in [0.2, 0.25) is 0 Å². The fraction of sp³-hybridized carbons (Fsp3) is 0.533. The molecule has 3 N–H and O–H groups in total. The van der Waals surface area contributed by atoms with E-state index in [2.05, 4.69) is 46.8 Å². The highest BCUT2D eigenvalue weighted by molar-refractivity contribution is 9.10. The molecule has 0 radical (unpaired) electrons. The Morgan fingerprint density at radius 3 is 2.70 bits per heavy atom. The first kappa shape index (κ1) is 15.2. The fourth-order valence-electron chi connectivity index (χ4n) is 2.99. The number of piperidine rings is 1. The summed E-state index contributed by atoms with van der Waals surface area (Å²) in [7, 11) is 0. The van der Waals surface area contributed by atoms with Gasteiger partial charge in [-0.2, -0.15) is 0 Å². The van der Waals surface area contributed by atoms with Crippen molar-refractivity contribution in [2.75, 3.05) is 11.4 Å². The van der Waals surface area contributed by atoms with Crippen LogP contribution < -0.4 is 10.6 Å². The zero-order valence-electron chi connectivity index (χ0n) is 12.2. The maximum absolute atomic E-state index is 8.75. The summed E-state index contributed by atoms with van der Waals surface area (Å²) in [5.41, 5.74) is 7.52. The number of nitrogens with two attached hydrogens (primary N) is 1. The predicted octanol–water partition coefficient (Wildman–Crippen LogP) is 3.41. The second-order valence-corrected chi connectivity index (χ2v) is 6.72. The van der Waals surface area contributed by atoms with Crippen LogP contribution in [-0.4, -0.2) is 23.6 Å². The number of halogens is 1. The quantitative estimate of drug-likeness (QED) is 0.375. The van der Waals surface area contributed by atoms with Gasteiger partial charge in [0.2, 0.25) is 0 Å². The summed E-state index contributed by atoms with van der Waals surface area (Å²) >= 11 is 3.61. The van der Waals surface area contributed by atoms with Crippen LogP contribution in [0.4, 0.5) is 5.69 Å². The molecule has 0 aliphatic carbocycles. The lowest BCUT2D eigenvalue weighted by atomic mass is 9.85. The Labute approximate surface area is 128 Å². The minimum atomic E-state index is 0.130. The molecule has 5 heteroatoms. The molecule has 0 bridgehead atoms. The minimum Gasteiger partial charge on any atom is -0.409 e. The molecule has 2 rings (SSSR count).